The molecule has 0 fully saturated rings. The number of ether oxygens (including phenoxy) is 1. The summed E-state index contributed by atoms with van der Waals surface area (Å²) in [5.74, 6) is -0.555. The van der Waals surface area contributed by atoms with Crippen LogP contribution in [-0.2, 0) is 21.3 Å². The van der Waals surface area contributed by atoms with Crippen LogP contribution < -0.4 is 4.80 Å². The maximum atomic E-state index is 12.7. The quantitative estimate of drug-likeness (QED) is 0.390. The molecular formula is C19H20N4O6S2. The summed E-state index contributed by atoms with van der Waals surface area (Å²) in [6.45, 7) is 0.766. The van der Waals surface area contributed by atoms with E-state index in [0.29, 0.717) is 28.2 Å². The Kier molecular flexibility index (Phi) is 6.65. The van der Waals surface area contributed by atoms with Crippen LogP contribution in [0.5, 0.6) is 0 Å². The van der Waals surface area contributed by atoms with Gasteiger partial charge in [0.1, 0.15) is 0 Å². The summed E-state index contributed by atoms with van der Waals surface area (Å²) in [6.07, 6.45) is 0. The minimum Gasteiger partial charge on any atom is -0.383 e. The van der Waals surface area contributed by atoms with Gasteiger partial charge in [0, 0.05) is 45.4 Å². The number of hydrogen-bond donors (Lipinski definition) is 0. The number of carbonyl (C=O) groups is 1. The van der Waals surface area contributed by atoms with E-state index in [4.69, 9.17) is 4.74 Å². The van der Waals surface area contributed by atoms with Crippen LogP contribution in [0.3, 0.4) is 0 Å². The number of carbonyl (C=O) groups excluding carboxylic acids is 1. The molecule has 0 atom stereocenters. The highest BCUT2D eigenvalue weighted by molar-refractivity contribution is 7.89. The highest BCUT2D eigenvalue weighted by Gasteiger charge is 2.18. The van der Waals surface area contributed by atoms with Crippen molar-refractivity contribution in [3.05, 3.63) is 62.9 Å². The lowest BCUT2D eigenvalue weighted by atomic mass is 10.2. The van der Waals surface area contributed by atoms with Gasteiger partial charge in [-0.15, -0.1) is 0 Å². The van der Waals surface area contributed by atoms with Gasteiger partial charge in [0.25, 0.3) is 11.6 Å². The van der Waals surface area contributed by atoms with E-state index >= 15 is 0 Å². The minimum atomic E-state index is -3.60. The lowest BCUT2D eigenvalue weighted by Crippen LogP contribution is -2.22. The Hall–Kier alpha value is -2.93. The zero-order chi connectivity index (χ0) is 22.8. The average molecular weight is 465 g/mol. The summed E-state index contributed by atoms with van der Waals surface area (Å²) in [4.78, 5) is 27.9. The van der Waals surface area contributed by atoms with Crippen LogP contribution in [0.15, 0.2) is 52.4 Å². The molecule has 10 nitrogen and oxygen atoms in total. The summed E-state index contributed by atoms with van der Waals surface area (Å²) in [5, 5.41) is 11.1. The van der Waals surface area contributed by atoms with E-state index in [1.807, 2.05) is 0 Å². The van der Waals surface area contributed by atoms with Crippen molar-refractivity contribution in [3.8, 4) is 0 Å². The van der Waals surface area contributed by atoms with E-state index in [0.717, 1.165) is 15.6 Å². The molecule has 0 saturated carbocycles. The van der Waals surface area contributed by atoms with E-state index in [-0.39, 0.29) is 16.1 Å². The number of hydrogen-bond acceptors (Lipinski definition) is 7. The standard InChI is InChI=1S/C19H20N4O6S2/c1-21(2)31(27,28)15-7-4-13(5-8-15)18(24)20-19-22(10-11-29-3)16-9-6-14(23(25)26)12-17(16)30-19/h4-9,12H,10-11H2,1-3H3. The number of non-ortho nitro benzene ring substituents is 1. The number of nitro benzene ring substituents is 1. The van der Waals surface area contributed by atoms with Gasteiger partial charge < -0.3 is 9.30 Å². The number of thiazole rings is 1. The van der Waals surface area contributed by atoms with Crippen LogP contribution in [0.25, 0.3) is 10.2 Å². The Morgan fingerprint density at radius 3 is 2.48 bits per heavy atom. The first kappa shape index (κ1) is 22.7. The topological polar surface area (TPSA) is 124 Å². The third kappa shape index (κ3) is 4.71. The normalized spacial score (nSPS) is 12.6. The molecule has 0 radical (unpaired) electrons. The Morgan fingerprint density at radius 2 is 1.90 bits per heavy atom. The lowest BCUT2D eigenvalue weighted by molar-refractivity contribution is -0.384. The molecular weight excluding hydrogens is 444 g/mol. The highest BCUT2D eigenvalue weighted by Crippen LogP contribution is 2.23. The smallest absolute Gasteiger partial charge is 0.279 e. The molecule has 0 N–H and O–H groups in total. The molecule has 0 spiro atoms. The van der Waals surface area contributed by atoms with Gasteiger partial charge >= 0.3 is 0 Å². The average Bonchev–Trinajstić information content (AvgIpc) is 3.08. The van der Waals surface area contributed by atoms with Crippen molar-refractivity contribution in [1.29, 1.82) is 0 Å². The van der Waals surface area contributed by atoms with E-state index in [9.17, 15) is 23.3 Å². The van der Waals surface area contributed by atoms with Crippen molar-refractivity contribution < 1.29 is 22.9 Å². The molecule has 3 rings (SSSR count). The summed E-state index contributed by atoms with van der Waals surface area (Å²) < 4.78 is 32.9. The molecule has 3 aromatic rings. The number of nitro groups is 1. The molecule has 0 aliphatic heterocycles. The zero-order valence-electron chi connectivity index (χ0n) is 17.0. The molecule has 31 heavy (non-hydrogen) atoms. The zero-order valence-corrected chi connectivity index (χ0v) is 18.6. The molecule has 12 heteroatoms. The molecule has 1 heterocycles. The van der Waals surface area contributed by atoms with Gasteiger partial charge in [0.05, 0.1) is 26.6 Å². The van der Waals surface area contributed by atoms with Crippen LogP contribution in [0.1, 0.15) is 10.4 Å². The second kappa shape index (κ2) is 9.06. The van der Waals surface area contributed by atoms with Crippen molar-refractivity contribution in [1.82, 2.24) is 8.87 Å². The molecule has 164 valence electrons. The van der Waals surface area contributed by atoms with Crippen LogP contribution >= 0.6 is 11.3 Å². The fourth-order valence-corrected chi connectivity index (χ4v) is 4.78. The number of sulfonamides is 1. The van der Waals surface area contributed by atoms with Gasteiger partial charge in [-0.3, -0.25) is 14.9 Å². The summed E-state index contributed by atoms with van der Waals surface area (Å²) in [7, 11) is 0.793. The Labute approximate surface area is 182 Å². The fourth-order valence-electron chi connectivity index (χ4n) is 2.79. The first-order valence-electron chi connectivity index (χ1n) is 9.03. The van der Waals surface area contributed by atoms with Crippen molar-refractivity contribution in [2.45, 2.75) is 11.4 Å². The monoisotopic (exact) mass is 464 g/mol. The molecule has 0 aliphatic rings. The van der Waals surface area contributed by atoms with E-state index < -0.39 is 20.9 Å². The van der Waals surface area contributed by atoms with Gasteiger partial charge in [-0.25, -0.2) is 12.7 Å². The molecule has 0 aliphatic carbocycles. The minimum absolute atomic E-state index is 0.0526. The first-order valence-corrected chi connectivity index (χ1v) is 11.3. The van der Waals surface area contributed by atoms with Crippen molar-refractivity contribution in [3.63, 3.8) is 0 Å². The summed E-state index contributed by atoms with van der Waals surface area (Å²) in [6, 6.07) is 9.96. The molecule has 1 amide bonds. The Bertz CT molecular complexity index is 1310. The number of benzene rings is 2. The highest BCUT2D eigenvalue weighted by atomic mass is 32.2. The SMILES string of the molecule is COCCn1c(=NC(=O)c2ccc(S(=O)(=O)N(C)C)cc2)sc2cc([N+](=O)[O-])ccc21. The van der Waals surface area contributed by atoms with Crippen molar-refractivity contribution in [2.75, 3.05) is 27.8 Å². The van der Waals surface area contributed by atoms with E-state index in [1.165, 1.54) is 50.5 Å². The maximum absolute atomic E-state index is 12.7. The summed E-state index contributed by atoms with van der Waals surface area (Å²) in [5.41, 5.74) is 0.870. The van der Waals surface area contributed by atoms with E-state index in [1.54, 1.807) is 17.7 Å². The van der Waals surface area contributed by atoms with Crippen molar-refractivity contribution >= 4 is 43.2 Å². The number of rotatable bonds is 7. The molecule has 1 aromatic heterocycles. The lowest BCUT2D eigenvalue weighted by Gasteiger charge is -2.11. The van der Waals surface area contributed by atoms with Crippen LogP contribution in [0.4, 0.5) is 5.69 Å². The first-order chi connectivity index (χ1) is 14.6. The van der Waals surface area contributed by atoms with Crippen LogP contribution in [-0.4, -0.2) is 55.9 Å². The molecule has 2 aromatic carbocycles. The van der Waals surface area contributed by atoms with Crippen LogP contribution in [0, 0.1) is 10.1 Å². The van der Waals surface area contributed by atoms with Gasteiger partial charge in [0.2, 0.25) is 10.0 Å². The van der Waals surface area contributed by atoms with Gasteiger partial charge in [0.15, 0.2) is 4.80 Å². The molecule has 0 saturated heterocycles. The Morgan fingerprint density at radius 1 is 1.23 bits per heavy atom. The second-order valence-corrected chi connectivity index (χ2v) is 9.83. The van der Waals surface area contributed by atoms with E-state index in [2.05, 4.69) is 4.99 Å². The summed E-state index contributed by atoms with van der Waals surface area (Å²) >= 11 is 1.15. The largest absolute Gasteiger partial charge is 0.383 e. The fraction of sp³-hybridized carbons (Fsp3) is 0.263. The number of amides is 1. The Balaban J connectivity index is 2.04. The van der Waals surface area contributed by atoms with Gasteiger partial charge in [-0.05, 0) is 30.3 Å². The van der Waals surface area contributed by atoms with Gasteiger partial charge in [-0.2, -0.15) is 4.99 Å². The van der Waals surface area contributed by atoms with Gasteiger partial charge in [-0.1, -0.05) is 11.3 Å². The van der Waals surface area contributed by atoms with Crippen LogP contribution in [0.2, 0.25) is 0 Å². The number of nitrogens with zero attached hydrogens (tertiary/aromatic N) is 4. The number of aromatic nitrogens is 1. The number of fused-ring (bicyclic) bond motifs is 1. The predicted molar refractivity (Wildman–Crippen MR) is 116 cm³/mol. The molecule has 0 bridgehead atoms. The number of methoxy groups -OCH3 is 1. The molecule has 0 unspecified atom stereocenters. The third-order valence-corrected chi connectivity index (χ3v) is 7.34. The second-order valence-electron chi connectivity index (χ2n) is 6.67. The predicted octanol–water partition coefficient (Wildman–Crippen LogP) is 2.25. The van der Waals surface area contributed by atoms with Crippen molar-refractivity contribution in [2.24, 2.45) is 4.99 Å². The third-order valence-electron chi connectivity index (χ3n) is 4.47. The maximum Gasteiger partial charge on any atom is 0.279 e.